The minimum absolute atomic E-state index is 0.0297. The molecule has 0 bridgehead atoms. The molecule has 4 rings (SSSR count). The zero-order valence-electron chi connectivity index (χ0n) is 15.1. The molecule has 1 aromatic heterocycles. The van der Waals surface area contributed by atoms with E-state index in [1.54, 1.807) is 0 Å². The van der Waals surface area contributed by atoms with E-state index in [4.69, 9.17) is 0 Å². The van der Waals surface area contributed by atoms with Gasteiger partial charge in [0.1, 0.15) is 0 Å². The van der Waals surface area contributed by atoms with Crippen molar-refractivity contribution < 1.29 is 4.79 Å². The number of benzene rings is 2. The Hall–Kier alpha value is -2.86. The van der Waals surface area contributed by atoms with Crippen molar-refractivity contribution in [3.05, 3.63) is 48.7 Å². The summed E-state index contributed by atoms with van der Waals surface area (Å²) in [6, 6.07) is 14.2. The lowest BCUT2D eigenvalue weighted by molar-refractivity contribution is 0.164. The summed E-state index contributed by atoms with van der Waals surface area (Å²) in [4.78, 5) is 16.6. The monoisotopic (exact) mass is 349 g/mol. The van der Waals surface area contributed by atoms with E-state index in [9.17, 15) is 4.79 Å². The van der Waals surface area contributed by atoms with E-state index < -0.39 is 0 Å². The number of nitrogens with one attached hydrogen (secondary N) is 1. The minimum Gasteiger partial charge on any atom is -0.322 e. The summed E-state index contributed by atoms with van der Waals surface area (Å²) in [5.74, 6) is 0. The predicted octanol–water partition coefficient (Wildman–Crippen LogP) is 3.02. The van der Waals surface area contributed by atoms with E-state index in [0.717, 1.165) is 53.9 Å². The molecule has 0 aliphatic carbocycles. The molecule has 0 radical (unpaired) electrons. The number of amides is 2. The van der Waals surface area contributed by atoms with Crippen molar-refractivity contribution in [1.29, 1.82) is 0 Å². The highest BCUT2D eigenvalue weighted by Crippen LogP contribution is 2.26. The second-order valence-corrected chi connectivity index (χ2v) is 6.84. The lowest BCUT2D eigenvalue weighted by Crippen LogP contribution is -2.48. The number of hydrogen-bond donors (Lipinski definition) is 1. The van der Waals surface area contributed by atoms with Crippen molar-refractivity contribution in [3.8, 4) is 11.1 Å². The van der Waals surface area contributed by atoms with Crippen LogP contribution in [-0.4, -0.2) is 58.8 Å². The number of carbonyl (C=O) groups is 1. The number of hydrogen-bond acceptors (Lipinski definition) is 3. The fourth-order valence-electron chi connectivity index (χ4n) is 3.33. The number of piperazine rings is 1. The molecule has 1 aliphatic heterocycles. The SMILES string of the molecule is CN1CCN(C(=O)Nc2cccc(-c3ccc4c(cnn4C)c3)c2)CC1. The van der Waals surface area contributed by atoms with Gasteiger partial charge in [-0.1, -0.05) is 18.2 Å². The van der Waals surface area contributed by atoms with Crippen LogP contribution in [0.5, 0.6) is 0 Å². The zero-order chi connectivity index (χ0) is 18.1. The summed E-state index contributed by atoms with van der Waals surface area (Å²) >= 11 is 0. The number of urea groups is 1. The third kappa shape index (κ3) is 3.28. The van der Waals surface area contributed by atoms with Crippen molar-refractivity contribution >= 4 is 22.6 Å². The molecule has 1 saturated heterocycles. The van der Waals surface area contributed by atoms with Gasteiger partial charge < -0.3 is 15.1 Å². The smallest absolute Gasteiger partial charge is 0.321 e. The fourth-order valence-corrected chi connectivity index (χ4v) is 3.33. The van der Waals surface area contributed by atoms with Gasteiger partial charge in [0.2, 0.25) is 0 Å². The van der Waals surface area contributed by atoms with Gasteiger partial charge >= 0.3 is 6.03 Å². The van der Waals surface area contributed by atoms with Gasteiger partial charge in [-0.25, -0.2) is 4.79 Å². The molecule has 2 heterocycles. The van der Waals surface area contributed by atoms with Crippen LogP contribution in [-0.2, 0) is 7.05 Å². The van der Waals surface area contributed by atoms with Gasteiger partial charge in [-0.15, -0.1) is 0 Å². The molecule has 0 saturated carbocycles. The Morgan fingerprint density at radius 1 is 1.00 bits per heavy atom. The lowest BCUT2D eigenvalue weighted by atomic mass is 10.0. The molecule has 6 nitrogen and oxygen atoms in total. The number of aromatic nitrogens is 2. The first-order chi connectivity index (χ1) is 12.6. The molecule has 1 aliphatic rings. The van der Waals surface area contributed by atoms with Crippen molar-refractivity contribution in [2.45, 2.75) is 0 Å². The Morgan fingerprint density at radius 2 is 1.77 bits per heavy atom. The van der Waals surface area contributed by atoms with Gasteiger partial charge in [0.25, 0.3) is 0 Å². The van der Waals surface area contributed by atoms with Crippen LogP contribution in [0.4, 0.5) is 10.5 Å². The maximum atomic E-state index is 12.5. The third-order valence-corrected chi connectivity index (χ3v) is 4.98. The molecule has 1 fully saturated rings. The van der Waals surface area contributed by atoms with Crippen LogP contribution in [0.1, 0.15) is 0 Å². The van der Waals surface area contributed by atoms with E-state index in [2.05, 4.69) is 46.6 Å². The summed E-state index contributed by atoms with van der Waals surface area (Å²) < 4.78 is 1.87. The minimum atomic E-state index is -0.0297. The van der Waals surface area contributed by atoms with Crippen molar-refractivity contribution in [1.82, 2.24) is 19.6 Å². The maximum Gasteiger partial charge on any atom is 0.321 e. The summed E-state index contributed by atoms with van der Waals surface area (Å²) in [6.07, 6.45) is 1.87. The molecule has 2 aromatic carbocycles. The standard InChI is InChI=1S/C20H23N5O/c1-23-8-10-25(11-9-23)20(26)22-18-5-3-4-15(13-18)16-6-7-19-17(12-16)14-21-24(19)2/h3-7,12-14H,8-11H2,1-2H3,(H,22,26). The third-order valence-electron chi connectivity index (χ3n) is 4.98. The number of likely N-dealkylation sites (N-methyl/N-ethyl adjacent to an activating group) is 1. The van der Waals surface area contributed by atoms with E-state index in [-0.39, 0.29) is 6.03 Å². The highest BCUT2D eigenvalue weighted by atomic mass is 16.2. The molecule has 3 aromatic rings. The Kier molecular flexibility index (Phi) is 4.34. The van der Waals surface area contributed by atoms with Crippen LogP contribution < -0.4 is 5.32 Å². The highest BCUT2D eigenvalue weighted by molar-refractivity contribution is 5.91. The number of carbonyl (C=O) groups excluding carboxylic acids is 1. The van der Waals surface area contributed by atoms with Crippen LogP contribution in [0.15, 0.2) is 48.7 Å². The van der Waals surface area contributed by atoms with Crippen molar-refractivity contribution in [2.24, 2.45) is 7.05 Å². The molecule has 1 N–H and O–H groups in total. The summed E-state index contributed by atoms with van der Waals surface area (Å²) in [5.41, 5.74) is 4.11. The van der Waals surface area contributed by atoms with Gasteiger partial charge in [-0.05, 0) is 42.4 Å². The Balaban J connectivity index is 1.53. The van der Waals surface area contributed by atoms with Gasteiger partial charge in [-0.2, -0.15) is 5.10 Å². The number of rotatable bonds is 2. The quantitative estimate of drug-likeness (QED) is 0.774. The van der Waals surface area contributed by atoms with Crippen LogP contribution in [0.2, 0.25) is 0 Å². The van der Waals surface area contributed by atoms with Gasteiger partial charge in [0.05, 0.1) is 11.7 Å². The van der Waals surface area contributed by atoms with E-state index in [1.807, 2.05) is 41.0 Å². The van der Waals surface area contributed by atoms with Gasteiger partial charge in [0.15, 0.2) is 0 Å². The van der Waals surface area contributed by atoms with Gasteiger partial charge in [-0.3, -0.25) is 4.68 Å². The zero-order valence-corrected chi connectivity index (χ0v) is 15.1. The average Bonchev–Trinajstić information content (AvgIpc) is 3.03. The summed E-state index contributed by atoms with van der Waals surface area (Å²) in [6.45, 7) is 3.36. The summed E-state index contributed by atoms with van der Waals surface area (Å²) in [7, 11) is 4.02. The van der Waals surface area contributed by atoms with Crippen LogP contribution in [0, 0.1) is 0 Å². The molecule has 26 heavy (non-hydrogen) atoms. The molecule has 0 atom stereocenters. The first kappa shape index (κ1) is 16.6. The number of aryl methyl sites for hydroxylation is 1. The molecule has 2 amide bonds. The number of anilines is 1. The molecule has 0 spiro atoms. The number of fused-ring (bicyclic) bond motifs is 1. The lowest BCUT2D eigenvalue weighted by Gasteiger charge is -2.32. The molecule has 0 unspecified atom stereocenters. The average molecular weight is 349 g/mol. The molecule has 134 valence electrons. The van der Waals surface area contributed by atoms with Crippen LogP contribution in [0.3, 0.4) is 0 Å². The highest BCUT2D eigenvalue weighted by Gasteiger charge is 2.19. The molecular formula is C20H23N5O. The molecular weight excluding hydrogens is 326 g/mol. The molecule has 6 heteroatoms. The largest absolute Gasteiger partial charge is 0.322 e. The van der Waals surface area contributed by atoms with Crippen LogP contribution in [0.25, 0.3) is 22.0 Å². The first-order valence-electron chi connectivity index (χ1n) is 8.87. The van der Waals surface area contributed by atoms with E-state index in [0.29, 0.717) is 0 Å². The number of nitrogens with zero attached hydrogens (tertiary/aromatic N) is 4. The van der Waals surface area contributed by atoms with Crippen LogP contribution >= 0.6 is 0 Å². The summed E-state index contributed by atoms with van der Waals surface area (Å²) in [5, 5.41) is 8.43. The van der Waals surface area contributed by atoms with E-state index >= 15 is 0 Å². The fraction of sp³-hybridized carbons (Fsp3) is 0.300. The maximum absolute atomic E-state index is 12.5. The first-order valence-corrected chi connectivity index (χ1v) is 8.87. The predicted molar refractivity (Wildman–Crippen MR) is 104 cm³/mol. The Labute approximate surface area is 153 Å². The van der Waals surface area contributed by atoms with E-state index in [1.165, 1.54) is 0 Å². The normalized spacial score (nSPS) is 15.4. The Bertz CT molecular complexity index is 940. The second kappa shape index (κ2) is 6.80. The van der Waals surface area contributed by atoms with Gasteiger partial charge in [0, 0.05) is 44.3 Å². The van der Waals surface area contributed by atoms with Crippen molar-refractivity contribution in [3.63, 3.8) is 0 Å². The Morgan fingerprint density at radius 3 is 2.58 bits per heavy atom. The second-order valence-electron chi connectivity index (χ2n) is 6.84. The topological polar surface area (TPSA) is 53.4 Å². The van der Waals surface area contributed by atoms with Crippen molar-refractivity contribution in [2.75, 3.05) is 38.5 Å².